The number of aromatic nitrogens is 1. The van der Waals surface area contributed by atoms with Gasteiger partial charge in [-0.15, -0.1) is 0 Å². The lowest BCUT2D eigenvalue weighted by Gasteiger charge is -2.07. The van der Waals surface area contributed by atoms with Gasteiger partial charge in [0, 0.05) is 0 Å². The average molecular weight is 221 g/mol. The number of aryl methyl sites for hydroxylation is 1. The number of nitrogens with two attached hydrogens (primary N) is 1. The van der Waals surface area contributed by atoms with E-state index in [0.717, 1.165) is 5.76 Å². The molecule has 2 aromatic rings. The zero-order chi connectivity index (χ0) is 11.5. The van der Waals surface area contributed by atoms with Gasteiger partial charge in [0.15, 0.2) is 0 Å². The molecule has 0 spiro atoms. The van der Waals surface area contributed by atoms with Crippen LogP contribution in [0.3, 0.4) is 0 Å². The van der Waals surface area contributed by atoms with Crippen molar-refractivity contribution in [1.29, 1.82) is 0 Å². The van der Waals surface area contributed by atoms with Gasteiger partial charge in [0.1, 0.15) is 11.6 Å². The second kappa shape index (κ2) is 4.22. The zero-order valence-corrected chi connectivity index (χ0v) is 8.83. The van der Waals surface area contributed by atoms with E-state index in [2.05, 4.69) is 10.3 Å². The van der Waals surface area contributed by atoms with Crippen LogP contribution in [0.1, 0.15) is 11.7 Å². The van der Waals surface area contributed by atoms with Gasteiger partial charge in [0.2, 0.25) is 5.89 Å². The van der Waals surface area contributed by atoms with Crippen molar-refractivity contribution in [3.8, 4) is 0 Å². The molecule has 0 fully saturated rings. The van der Waals surface area contributed by atoms with Gasteiger partial charge in [-0.05, 0) is 19.1 Å². The van der Waals surface area contributed by atoms with Crippen molar-refractivity contribution in [2.24, 2.45) is 0 Å². The highest BCUT2D eigenvalue weighted by molar-refractivity contribution is 5.66. The Morgan fingerprint density at radius 1 is 1.50 bits per heavy atom. The Morgan fingerprint density at radius 3 is 3.00 bits per heavy atom. The monoisotopic (exact) mass is 221 g/mol. The molecule has 0 aliphatic heterocycles. The van der Waals surface area contributed by atoms with Crippen LogP contribution in [0, 0.1) is 12.7 Å². The maximum Gasteiger partial charge on any atom is 0.213 e. The quantitative estimate of drug-likeness (QED) is 0.781. The van der Waals surface area contributed by atoms with E-state index >= 15 is 0 Å². The molecular formula is C11H12FN3O. The van der Waals surface area contributed by atoms with Crippen LogP contribution >= 0.6 is 0 Å². The first kappa shape index (κ1) is 10.5. The third kappa shape index (κ3) is 2.13. The maximum absolute atomic E-state index is 13.1. The molecule has 0 bridgehead atoms. The first-order valence-electron chi connectivity index (χ1n) is 4.86. The molecule has 0 saturated carbocycles. The summed E-state index contributed by atoms with van der Waals surface area (Å²) in [5.41, 5.74) is 6.20. The largest absolute Gasteiger partial charge is 0.444 e. The number of halogens is 1. The van der Waals surface area contributed by atoms with E-state index in [-0.39, 0.29) is 5.69 Å². The fraction of sp³-hybridized carbons (Fsp3) is 0.182. The van der Waals surface area contributed by atoms with Gasteiger partial charge in [0.25, 0.3) is 0 Å². The highest BCUT2D eigenvalue weighted by atomic mass is 19.1. The lowest BCUT2D eigenvalue weighted by Crippen LogP contribution is -2.03. The van der Waals surface area contributed by atoms with Crippen LogP contribution in [0.15, 0.2) is 28.8 Å². The number of hydrogen-bond acceptors (Lipinski definition) is 4. The van der Waals surface area contributed by atoms with Crippen molar-refractivity contribution in [2.45, 2.75) is 13.5 Å². The molecule has 0 aliphatic carbocycles. The van der Waals surface area contributed by atoms with Crippen LogP contribution in [0.25, 0.3) is 0 Å². The fourth-order valence-electron chi connectivity index (χ4n) is 1.35. The number of rotatable bonds is 3. The minimum absolute atomic E-state index is 0.103. The Kier molecular flexibility index (Phi) is 2.76. The number of para-hydroxylation sites is 1. The average Bonchev–Trinajstić information content (AvgIpc) is 2.67. The van der Waals surface area contributed by atoms with E-state index < -0.39 is 5.82 Å². The zero-order valence-electron chi connectivity index (χ0n) is 8.83. The van der Waals surface area contributed by atoms with Gasteiger partial charge in [-0.2, -0.15) is 0 Å². The van der Waals surface area contributed by atoms with E-state index in [4.69, 9.17) is 10.2 Å². The minimum atomic E-state index is -0.436. The van der Waals surface area contributed by atoms with E-state index in [1.165, 1.54) is 6.07 Å². The number of nitrogens with zero attached hydrogens (tertiary/aromatic N) is 1. The SMILES string of the molecule is Cc1cnc(CNc2cccc(F)c2N)o1. The number of nitrogens with one attached hydrogen (secondary N) is 1. The molecule has 0 radical (unpaired) electrons. The molecule has 0 atom stereocenters. The van der Waals surface area contributed by atoms with E-state index in [0.29, 0.717) is 18.1 Å². The summed E-state index contributed by atoms with van der Waals surface area (Å²) < 4.78 is 18.4. The molecule has 5 heteroatoms. The summed E-state index contributed by atoms with van der Waals surface area (Å²) >= 11 is 0. The van der Waals surface area contributed by atoms with Crippen LogP contribution in [-0.2, 0) is 6.54 Å². The van der Waals surface area contributed by atoms with Gasteiger partial charge >= 0.3 is 0 Å². The minimum Gasteiger partial charge on any atom is -0.444 e. The molecular weight excluding hydrogens is 209 g/mol. The standard InChI is InChI=1S/C11H12FN3O/c1-7-5-15-10(16-7)6-14-9-4-2-3-8(12)11(9)13/h2-5,14H,6,13H2,1H3. The van der Waals surface area contributed by atoms with Gasteiger partial charge in [-0.1, -0.05) is 6.07 Å². The first-order valence-corrected chi connectivity index (χ1v) is 4.86. The van der Waals surface area contributed by atoms with E-state index in [1.807, 2.05) is 6.92 Å². The van der Waals surface area contributed by atoms with Crippen LogP contribution in [0.4, 0.5) is 15.8 Å². The van der Waals surface area contributed by atoms with Crippen molar-refractivity contribution >= 4 is 11.4 Å². The first-order chi connectivity index (χ1) is 7.66. The van der Waals surface area contributed by atoms with Gasteiger partial charge < -0.3 is 15.5 Å². The van der Waals surface area contributed by atoms with E-state index in [1.54, 1.807) is 18.3 Å². The number of anilines is 2. The van der Waals surface area contributed by atoms with Crippen molar-refractivity contribution in [2.75, 3.05) is 11.1 Å². The predicted molar refractivity (Wildman–Crippen MR) is 59.4 cm³/mol. The topological polar surface area (TPSA) is 64.1 Å². The molecule has 1 aromatic carbocycles. The highest BCUT2D eigenvalue weighted by Gasteiger charge is 2.05. The molecule has 16 heavy (non-hydrogen) atoms. The normalized spacial score (nSPS) is 10.4. The molecule has 0 amide bonds. The van der Waals surface area contributed by atoms with Crippen LogP contribution < -0.4 is 11.1 Å². The Hall–Kier alpha value is -2.04. The Bertz CT molecular complexity index is 496. The van der Waals surface area contributed by atoms with Gasteiger partial charge in [-0.3, -0.25) is 0 Å². The van der Waals surface area contributed by atoms with Crippen molar-refractivity contribution in [1.82, 2.24) is 4.98 Å². The molecule has 0 saturated heterocycles. The second-order valence-corrected chi connectivity index (χ2v) is 3.42. The van der Waals surface area contributed by atoms with Crippen LogP contribution in [-0.4, -0.2) is 4.98 Å². The van der Waals surface area contributed by atoms with E-state index in [9.17, 15) is 4.39 Å². The smallest absolute Gasteiger partial charge is 0.213 e. The maximum atomic E-state index is 13.1. The molecule has 3 N–H and O–H groups in total. The summed E-state index contributed by atoms with van der Waals surface area (Å²) in [5.74, 6) is 0.846. The molecule has 4 nitrogen and oxygen atoms in total. The summed E-state index contributed by atoms with van der Waals surface area (Å²) in [6.07, 6.45) is 1.63. The number of benzene rings is 1. The number of oxazole rings is 1. The third-order valence-corrected chi connectivity index (χ3v) is 2.15. The number of hydrogen-bond donors (Lipinski definition) is 2. The summed E-state index contributed by atoms with van der Waals surface area (Å²) in [4.78, 5) is 4.02. The number of nitrogen functional groups attached to an aromatic ring is 1. The second-order valence-electron chi connectivity index (χ2n) is 3.42. The summed E-state index contributed by atoms with van der Waals surface area (Å²) in [7, 11) is 0. The Labute approximate surface area is 92.3 Å². The lowest BCUT2D eigenvalue weighted by molar-refractivity contribution is 0.479. The Morgan fingerprint density at radius 2 is 2.31 bits per heavy atom. The molecule has 2 rings (SSSR count). The fourth-order valence-corrected chi connectivity index (χ4v) is 1.35. The highest BCUT2D eigenvalue weighted by Crippen LogP contribution is 2.21. The summed E-state index contributed by atoms with van der Waals surface area (Å²) in [5, 5.41) is 2.96. The van der Waals surface area contributed by atoms with Crippen LogP contribution in [0.2, 0.25) is 0 Å². The Balaban J connectivity index is 2.07. The molecule has 0 aliphatic rings. The molecule has 84 valence electrons. The van der Waals surface area contributed by atoms with Crippen molar-refractivity contribution in [3.63, 3.8) is 0 Å². The molecule has 1 heterocycles. The van der Waals surface area contributed by atoms with Crippen molar-refractivity contribution in [3.05, 3.63) is 41.9 Å². The lowest BCUT2D eigenvalue weighted by atomic mass is 10.2. The van der Waals surface area contributed by atoms with Gasteiger partial charge in [0.05, 0.1) is 24.1 Å². The third-order valence-electron chi connectivity index (χ3n) is 2.15. The van der Waals surface area contributed by atoms with Crippen LogP contribution in [0.5, 0.6) is 0 Å². The van der Waals surface area contributed by atoms with Gasteiger partial charge in [-0.25, -0.2) is 9.37 Å². The van der Waals surface area contributed by atoms with Crippen molar-refractivity contribution < 1.29 is 8.81 Å². The molecule has 0 unspecified atom stereocenters. The molecule has 1 aromatic heterocycles. The predicted octanol–water partition coefficient (Wildman–Crippen LogP) is 2.32. The summed E-state index contributed by atoms with van der Waals surface area (Å²) in [6.45, 7) is 2.19. The summed E-state index contributed by atoms with van der Waals surface area (Å²) in [6, 6.07) is 4.61.